The van der Waals surface area contributed by atoms with Crippen LogP contribution < -0.4 is 10.6 Å². The van der Waals surface area contributed by atoms with Crippen molar-refractivity contribution >= 4 is 17.2 Å². The van der Waals surface area contributed by atoms with Crippen molar-refractivity contribution < 1.29 is 13.6 Å². The third-order valence-corrected chi connectivity index (χ3v) is 4.73. The highest BCUT2D eigenvalue weighted by molar-refractivity contribution is 6.00. The number of anilines is 2. The molecule has 2 aromatic rings. The maximum absolute atomic E-state index is 13.8. The summed E-state index contributed by atoms with van der Waals surface area (Å²) in [6, 6.07) is 10.4. The Morgan fingerprint density at radius 2 is 1.68 bits per heavy atom. The Morgan fingerprint density at radius 3 is 2.40 bits per heavy atom. The van der Waals surface area contributed by atoms with Crippen molar-refractivity contribution in [1.29, 1.82) is 0 Å². The van der Waals surface area contributed by atoms with Crippen LogP contribution in [0.15, 0.2) is 53.7 Å². The lowest BCUT2D eigenvalue weighted by Crippen LogP contribution is -2.26. The van der Waals surface area contributed by atoms with Gasteiger partial charge in [0.05, 0.1) is 17.4 Å². The van der Waals surface area contributed by atoms with Crippen LogP contribution in [-0.4, -0.2) is 5.78 Å². The van der Waals surface area contributed by atoms with Crippen LogP contribution in [0.1, 0.15) is 31.4 Å². The Labute approximate surface area is 144 Å². The molecule has 2 aliphatic rings. The molecule has 0 spiro atoms. The van der Waals surface area contributed by atoms with Gasteiger partial charge >= 0.3 is 0 Å². The Hall–Kier alpha value is -2.69. The number of Topliss-reactive ketones (excluding diaryl/α,β-unsaturated/α-hetero) is 1. The van der Waals surface area contributed by atoms with E-state index in [9.17, 15) is 13.6 Å². The van der Waals surface area contributed by atoms with Crippen molar-refractivity contribution in [3.8, 4) is 0 Å². The van der Waals surface area contributed by atoms with E-state index in [1.807, 2.05) is 31.2 Å². The van der Waals surface area contributed by atoms with Gasteiger partial charge in [-0.25, -0.2) is 8.78 Å². The first kappa shape index (κ1) is 15.8. The molecule has 2 unspecified atom stereocenters. The molecule has 128 valence electrons. The maximum atomic E-state index is 13.8. The first-order chi connectivity index (χ1) is 12.0. The number of carbonyl (C=O) groups is 1. The number of hydrogen-bond donors (Lipinski definition) is 2. The van der Waals surface area contributed by atoms with Gasteiger partial charge in [0.1, 0.15) is 11.6 Å². The number of nitrogens with one attached hydrogen (secondary N) is 2. The largest absolute Gasteiger partial charge is 0.372 e. The lowest BCUT2D eigenvalue weighted by molar-refractivity contribution is -0.117. The highest BCUT2D eigenvalue weighted by Gasteiger charge is 2.34. The van der Waals surface area contributed by atoms with Gasteiger partial charge in [-0.15, -0.1) is 0 Å². The second kappa shape index (κ2) is 5.99. The van der Waals surface area contributed by atoms with E-state index in [2.05, 4.69) is 10.6 Å². The van der Waals surface area contributed by atoms with E-state index in [-0.39, 0.29) is 11.7 Å². The molecule has 0 amide bonds. The van der Waals surface area contributed by atoms with Gasteiger partial charge in [-0.3, -0.25) is 4.79 Å². The Balaban J connectivity index is 1.90. The summed E-state index contributed by atoms with van der Waals surface area (Å²) >= 11 is 0. The van der Waals surface area contributed by atoms with Crippen LogP contribution in [-0.2, 0) is 4.79 Å². The molecule has 0 saturated heterocycles. The summed E-state index contributed by atoms with van der Waals surface area (Å²) in [5, 5.41) is 6.66. The number of benzene rings is 2. The number of carbonyl (C=O) groups excluding carboxylic acids is 1. The molecule has 5 heteroatoms. The van der Waals surface area contributed by atoms with Crippen LogP contribution in [0.5, 0.6) is 0 Å². The van der Waals surface area contributed by atoms with E-state index in [4.69, 9.17) is 0 Å². The van der Waals surface area contributed by atoms with Crippen molar-refractivity contribution in [3.63, 3.8) is 0 Å². The summed E-state index contributed by atoms with van der Waals surface area (Å²) in [5.74, 6) is -1.06. The molecule has 1 aliphatic carbocycles. The fourth-order valence-electron chi connectivity index (χ4n) is 3.68. The van der Waals surface area contributed by atoms with Gasteiger partial charge in [-0.1, -0.05) is 19.1 Å². The predicted molar refractivity (Wildman–Crippen MR) is 93.2 cm³/mol. The molecule has 25 heavy (non-hydrogen) atoms. The molecule has 0 saturated carbocycles. The Bertz CT molecular complexity index is 871. The molecule has 0 radical (unpaired) electrons. The second-order valence-corrected chi connectivity index (χ2v) is 6.78. The molecule has 2 atom stereocenters. The summed E-state index contributed by atoms with van der Waals surface area (Å²) in [6.45, 7) is 2.03. The van der Waals surface area contributed by atoms with Crippen LogP contribution in [0.25, 0.3) is 0 Å². The van der Waals surface area contributed by atoms with E-state index in [1.54, 1.807) is 0 Å². The minimum atomic E-state index is -0.652. The van der Waals surface area contributed by atoms with E-state index in [1.165, 1.54) is 12.1 Å². The van der Waals surface area contributed by atoms with E-state index in [0.29, 0.717) is 17.6 Å². The van der Waals surface area contributed by atoms with E-state index >= 15 is 0 Å². The molecule has 0 bridgehead atoms. The molecule has 1 heterocycles. The summed E-state index contributed by atoms with van der Waals surface area (Å²) in [6.07, 6.45) is 1.16. The fourth-order valence-corrected chi connectivity index (χ4v) is 3.68. The van der Waals surface area contributed by atoms with Gasteiger partial charge in [0.25, 0.3) is 0 Å². The highest BCUT2D eigenvalue weighted by Crippen LogP contribution is 2.41. The molecule has 2 N–H and O–H groups in total. The molecular weight excluding hydrogens is 322 g/mol. The number of halogens is 2. The second-order valence-electron chi connectivity index (χ2n) is 6.78. The van der Waals surface area contributed by atoms with Gasteiger partial charge in [0.2, 0.25) is 0 Å². The standard InChI is InChI=1S/C20H18F2N2O/c1-11-6-17-19(18(25)7-11)20(12-8-13(21)10-14(22)9-12)24-16-5-3-2-4-15(16)23-17/h2-5,8-11,20,23-24H,6-7H2,1H3. The summed E-state index contributed by atoms with van der Waals surface area (Å²) < 4.78 is 27.6. The van der Waals surface area contributed by atoms with Crippen LogP contribution in [0.3, 0.4) is 0 Å². The van der Waals surface area contributed by atoms with E-state index < -0.39 is 17.7 Å². The Kier molecular flexibility index (Phi) is 3.79. The van der Waals surface area contributed by atoms with Gasteiger partial charge < -0.3 is 10.6 Å². The first-order valence-electron chi connectivity index (χ1n) is 8.36. The number of rotatable bonds is 1. The van der Waals surface area contributed by atoms with Gasteiger partial charge in [0.15, 0.2) is 5.78 Å². The summed E-state index contributed by atoms with van der Waals surface area (Å²) in [7, 11) is 0. The highest BCUT2D eigenvalue weighted by atomic mass is 19.1. The molecule has 2 aromatic carbocycles. The van der Waals surface area contributed by atoms with Gasteiger partial charge in [0, 0.05) is 23.8 Å². The molecular formula is C20H18F2N2O. The fraction of sp³-hybridized carbons (Fsp3) is 0.250. The SMILES string of the molecule is CC1CC(=O)C2=C(C1)Nc1ccccc1NC2c1cc(F)cc(F)c1. The van der Waals surface area contributed by atoms with Crippen LogP contribution in [0.2, 0.25) is 0 Å². The van der Waals surface area contributed by atoms with Crippen LogP contribution in [0, 0.1) is 17.6 Å². The number of fused-ring (bicyclic) bond motifs is 1. The number of ketones is 1. The minimum absolute atomic E-state index is 0.0104. The molecule has 3 nitrogen and oxygen atoms in total. The third kappa shape index (κ3) is 2.90. The molecule has 0 aromatic heterocycles. The minimum Gasteiger partial charge on any atom is -0.372 e. The van der Waals surface area contributed by atoms with Crippen molar-refractivity contribution in [2.75, 3.05) is 10.6 Å². The third-order valence-electron chi connectivity index (χ3n) is 4.73. The van der Waals surface area contributed by atoms with E-state index in [0.717, 1.165) is 29.6 Å². The predicted octanol–water partition coefficient (Wildman–Crippen LogP) is 4.80. The van der Waals surface area contributed by atoms with Crippen molar-refractivity contribution in [3.05, 3.63) is 70.9 Å². The summed E-state index contributed by atoms with van der Waals surface area (Å²) in [4.78, 5) is 12.8. The quantitative estimate of drug-likeness (QED) is 0.784. The molecule has 4 rings (SSSR count). The summed E-state index contributed by atoms with van der Waals surface area (Å²) in [5.41, 5.74) is 3.46. The lowest BCUT2D eigenvalue weighted by Gasteiger charge is -2.28. The molecule has 1 aliphatic heterocycles. The average Bonchev–Trinajstić information content (AvgIpc) is 2.70. The topological polar surface area (TPSA) is 41.1 Å². The monoisotopic (exact) mass is 340 g/mol. The van der Waals surface area contributed by atoms with Gasteiger partial charge in [-0.05, 0) is 42.2 Å². The van der Waals surface area contributed by atoms with Crippen molar-refractivity contribution in [2.24, 2.45) is 5.92 Å². The zero-order valence-corrected chi connectivity index (χ0v) is 13.8. The maximum Gasteiger partial charge on any atom is 0.163 e. The number of allylic oxidation sites excluding steroid dienone is 1. The average molecular weight is 340 g/mol. The van der Waals surface area contributed by atoms with Gasteiger partial charge in [-0.2, -0.15) is 0 Å². The lowest BCUT2D eigenvalue weighted by atomic mass is 9.82. The Morgan fingerprint density at radius 1 is 1.00 bits per heavy atom. The number of hydrogen-bond acceptors (Lipinski definition) is 3. The zero-order valence-electron chi connectivity index (χ0n) is 13.8. The van der Waals surface area contributed by atoms with Crippen molar-refractivity contribution in [1.82, 2.24) is 0 Å². The zero-order chi connectivity index (χ0) is 17.6. The normalized spacial score (nSPS) is 22.4. The van der Waals surface area contributed by atoms with Crippen LogP contribution in [0.4, 0.5) is 20.2 Å². The smallest absolute Gasteiger partial charge is 0.163 e. The first-order valence-corrected chi connectivity index (χ1v) is 8.36. The number of para-hydroxylation sites is 2. The van der Waals surface area contributed by atoms with Crippen molar-refractivity contribution in [2.45, 2.75) is 25.8 Å². The van der Waals surface area contributed by atoms with Crippen LogP contribution >= 0.6 is 0 Å². The molecule has 0 fully saturated rings.